The summed E-state index contributed by atoms with van der Waals surface area (Å²) >= 11 is 0.405. The second-order valence-corrected chi connectivity index (χ2v) is 7.63. The third-order valence-corrected chi connectivity index (χ3v) is 6.12. The Hall–Kier alpha value is -1.07. The van der Waals surface area contributed by atoms with Crippen LogP contribution in [0.1, 0.15) is 42.7 Å². The molecular formula is C19H26FNO2S. The third kappa shape index (κ3) is 3.47. The van der Waals surface area contributed by atoms with Crippen LogP contribution in [0.5, 0.6) is 0 Å². The molecule has 4 atom stereocenters. The molecule has 2 heterocycles. The topological polar surface area (TPSA) is 29.5 Å². The van der Waals surface area contributed by atoms with Gasteiger partial charge in [0.25, 0.3) is 0 Å². The summed E-state index contributed by atoms with van der Waals surface area (Å²) in [6.07, 6.45) is 3.98. The quantitative estimate of drug-likeness (QED) is 0.570. The van der Waals surface area contributed by atoms with Crippen molar-refractivity contribution >= 4 is 18.1 Å². The summed E-state index contributed by atoms with van der Waals surface area (Å²) in [4.78, 5) is 15.0. The van der Waals surface area contributed by atoms with Crippen LogP contribution in [0.4, 0.5) is 3.89 Å². The number of nitrogens with zero attached hydrogens (tertiary/aromatic N) is 1. The molecule has 4 unspecified atom stereocenters. The van der Waals surface area contributed by atoms with Crippen molar-refractivity contribution in [3.63, 3.8) is 0 Å². The van der Waals surface area contributed by atoms with E-state index in [0.717, 1.165) is 32.2 Å². The number of hydrogen-bond donors (Lipinski definition) is 0. The molecule has 0 radical (unpaired) electrons. The predicted octanol–water partition coefficient (Wildman–Crippen LogP) is 4.11. The van der Waals surface area contributed by atoms with Crippen LogP contribution in [0, 0.1) is 12.8 Å². The zero-order valence-electron chi connectivity index (χ0n) is 14.4. The highest BCUT2D eigenvalue weighted by Crippen LogP contribution is 2.47. The molecule has 2 bridgehead atoms. The lowest BCUT2D eigenvalue weighted by molar-refractivity contribution is -0.150. The van der Waals surface area contributed by atoms with E-state index in [-0.39, 0.29) is 23.8 Å². The predicted molar refractivity (Wildman–Crippen MR) is 95.7 cm³/mol. The van der Waals surface area contributed by atoms with Gasteiger partial charge in [0.15, 0.2) is 0 Å². The molecule has 1 aromatic carbocycles. The highest BCUT2D eigenvalue weighted by molar-refractivity contribution is 7.94. The van der Waals surface area contributed by atoms with Crippen LogP contribution in [0.3, 0.4) is 0 Å². The van der Waals surface area contributed by atoms with E-state index in [0.29, 0.717) is 23.9 Å². The number of piperidine rings is 1. The highest BCUT2D eigenvalue weighted by atomic mass is 32.2. The number of carbonyl (C=O) groups excluding carboxylic acids is 1. The maximum atomic E-state index is 12.6. The number of halogens is 1. The molecule has 3 nitrogen and oxygen atoms in total. The summed E-state index contributed by atoms with van der Waals surface area (Å²) < 4.78 is 17.5. The molecule has 2 saturated heterocycles. The zero-order chi connectivity index (χ0) is 17.1. The molecule has 0 amide bonds. The van der Waals surface area contributed by atoms with Crippen molar-refractivity contribution in [2.24, 2.45) is 5.92 Å². The first kappa shape index (κ1) is 17.7. The third-order valence-electron chi connectivity index (χ3n) is 5.68. The van der Waals surface area contributed by atoms with Crippen LogP contribution in [0.15, 0.2) is 24.3 Å². The summed E-state index contributed by atoms with van der Waals surface area (Å²) in [6, 6.07) is 9.29. The molecule has 2 aliphatic heterocycles. The normalized spacial score (nSPS) is 29.6. The molecule has 0 spiro atoms. The lowest BCUT2D eigenvalue weighted by Crippen LogP contribution is -2.51. The van der Waals surface area contributed by atoms with Gasteiger partial charge in [0.2, 0.25) is 0 Å². The number of carbonyl (C=O) groups is 1. The van der Waals surface area contributed by atoms with Crippen molar-refractivity contribution in [2.45, 2.75) is 50.6 Å². The van der Waals surface area contributed by atoms with Crippen LogP contribution >= 0.6 is 12.1 Å². The van der Waals surface area contributed by atoms with Crippen molar-refractivity contribution in [3.8, 4) is 0 Å². The summed E-state index contributed by atoms with van der Waals surface area (Å²) in [7, 11) is 1.49. The summed E-state index contributed by atoms with van der Waals surface area (Å²) in [5, 5.41) is 0. The summed E-state index contributed by atoms with van der Waals surface area (Å²) in [5.74, 6) is 0.535. The number of methoxy groups -OCH3 is 1. The van der Waals surface area contributed by atoms with Crippen molar-refractivity contribution in [1.29, 1.82) is 0 Å². The molecule has 3 rings (SSSR count). The van der Waals surface area contributed by atoms with Gasteiger partial charge in [-0.25, -0.2) is 0 Å². The van der Waals surface area contributed by atoms with E-state index >= 15 is 0 Å². The molecule has 2 aliphatic rings. The lowest BCUT2D eigenvalue weighted by atomic mass is 9.76. The van der Waals surface area contributed by atoms with Gasteiger partial charge < -0.3 is 4.74 Å². The Labute approximate surface area is 148 Å². The van der Waals surface area contributed by atoms with Crippen molar-refractivity contribution < 1.29 is 13.4 Å². The monoisotopic (exact) mass is 351 g/mol. The van der Waals surface area contributed by atoms with E-state index in [9.17, 15) is 8.68 Å². The average Bonchev–Trinajstić information content (AvgIpc) is 2.87. The summed E-state index contributed by atoms with van der Waals surface area (Å²) in [5.41, 5.74) is 2.48. The number of ether oxygens (including phenoxy) is 1. The molecule has 1 aromatic rings. The fourth-order valence-electron chi connectivity index (χ4n) is 4.58. The smallest absolute Gasteiger partial charge is 0.310 e. The van der Waals surface area contributed by atoms with Crippen LogP contribution < -0.4 is 0 Å². The van der Waals surface area contributed by atoms with Gasteiger partial charge in [-0.05, 0) is 44.7 Å². The van der Waals surface area contributed by atoms with Gasteiger partial charge in [-0.2, -0.15) is 3.89 Å². The molecule has 5 heteroatoms. The van der Waals surface area contributed by atoms with E-state index in [4.69, 9.17) is 4.74 Å². The van der Waals surface area contributed by atoms with Gasteiger partial charge in [0.05, 0.1) is 13.0 Å². The van der Waals surface area contributed by atoms with Crippen LogP contribution in [0.2, 0.25) is 0 Å². The van der Waals surface area contributed by atoms with E-state index in [1.165, 1.54) is 18.2 Å². The molecule has 0 aromatic heterocycles. The first-order chi connectivity index (χ1) is 11.7. The van der Waals surface area contributed by atoms with Crippen molar-refractivity contribution in [1.82, 2.24) is 4.90 Å². The Morgan fingerprint density at radius 1 is 1.33 bits per heavy atom. The van der Waals surface area contributed by atoms with E-state index in [1.54, 1.807) is 0 Å². The molecule has 0 N–H and O–H groups in total. The number of aryl methyl sites for hydroxylation is 1. The molecule has 2 fully saturated rings. The Balaban J connectivity index is 1.83. The van der Waals surface area contributed by atoms with Gasteiger partial charge >= 0.3 is 5.97 Å². The lowest BCUT2D eigenvalue weighted by Gasteiger charge is -2.43. The Kier molecular flexibility index (Phi) is 5.82. The SMILES string of the molecule is COC(=O)C1C(c2ccc(C)cc2)CC2CCC1N2CCCSF. The highest BCUT2D eigenvalue weighted by Gasteiger charge is 2.50. The molecule has 0 saturated carbocycles. The maximum Gasteiger partial charge on any atom is 0.310 e. The van der Waals surface area contributed by atoms with Crippen LogP contribution in [-0.4, -0.2) is 42.4 Å². The minimum absolute atomic E-state index is 0.101. The van der Waals surface area contributed by atoms with Crippen LogP contribution in [0.25, 0.3) is 0 Å². The van der Waals surface area contributed by atoms with Gasteiger partial charge in [-0.15, -0.1) is 0 Å². The number of fused-ring (bicyclic) bond motifs is 2. The van der Waals surface area contributed by atoms with E-state index in [2.05, 4.69) is 36.1 Å². The number of rotatable bonds is 6. The first-order valence-electron chi connectivity index (χ1n) is 8.79. The van der Waals surface area contributed by atoms with E-state index in [1.807, 2.05) is 0 Å². The van der Waals surface area contributed by atoms with Crippen molar-refractivity contribution in [2.75, 3.05) is 19.4 Å². The first-order valence-corrected chi connectivity index (χ1v) is 9.68. The minimum atomic E-state index is -0.116. The maximum absolute atomic E-state index is 12.6. The Bertz CT molecular complexity index is 565. The minimum Gasteiger partial charge on any atom is -0.469 e. The molecular weight excluding hydrogens is 325 g/mol. The van der Waals surface area contributed by atoms with E-state index < -0.39 is 0 Å². The standard InChI is InChI=1S/C19H26FNO2S/c1-13-4-6-14(7-5-13)16-12-15-8-9-17(18(16)19(22)23-2)21(15)10-3-11-24-20/h4-7,15-18H,3,8-12H2,1-2H3. The second kappa shape index (κ2) is 7.87. The van der Waals surface area contributed by atoms with Crippen LogP contribution in [-0.2, 0) is 9.53 Å². The fraction of sp³-hybridized carbons (Fsp3) is 0.632. The Morgan fingerprint density at radius 2 is 2.08 bits per heavy atom. The molecule has 132 valence electrons. The number of hydrogen-bond acceptors (Lipinski definition) is 4. The number of benzene rings is 1. The van der Waals surface area contributed by atoms with Gasteiger partial charge in [0, 0.05) is 35.9 Å². The number of esters is 1. The summed E-state index contributed by atoms with van der Waals surface area (Å²) in [6.45, 7) is 2.96. The van der Waals surface area contributed by atoms with Crippen molar-refractivity contribution in [3.05, 3.63) is 35.4 Å². The largest absolute Gasteiger partial charge is 0.469 e. The average molecular weight is 351 g/mol. The fourth-order valence-corrected chi connectivity index (χ4v) is 4.82. The molecule has 24 heavy (non-hydrogen) atoms. The molecule has 0 aliphatic carbocycles. The van der Waals surface area contributed by atoms with Gasteiger partial charge in [-0.3, -0.25) is 9.69 Å². The van der Waals surface area contributed by atoms with Gasteiger partial charge in [0.1, 0.15) is 0 Å². The Morgan fingerprint density at radius 3 is 2.75 bits per heavy atom. The van der Waals surface area contributed by atoms with Gasteiger partial charge in [-0.1, -0.05) is 29.8 Å². The second-order valence-electron chi connectivity index (χ2n) is 7.00. The zero-order valence-corrected chi connectivity index (χ0v) is 15.2.